The SMILES string of the molecule is CO[C@]1(C)[C@H](O)[C@@H](CO)O[C@H]1N1C=CC(=O)CC1=O. The van der Waals surface area contributed by atoms with Crippen LogP contribution in [0, 0.1) is 0 Å². The van der Waals surface area contributed by atoms with Gasteiger partial charge in [-0.1, -0.05) is 0 Å². The highest BCUT2D eigenvalue weighted by Gasteiger charge is 2.56. The fourth-order valence-electron chi connectivity index (χ4n) is 2.35. The van der Waals surface area contributed by atoms with Crippen LogP contribution in [0.25, 0.3) is 0 Å². The molecule has 2 aliphatic rings. The lowest BCUT2D eigenvalue weighted by Crippen LogP contribution is -2.55. The van der Waals surface area contributed by atoms with Crippen molar-refractivity contribution in [2.75, 3.05) is 13.7 Å². The Labute approximate surface area is 110 Å². The van der Waals surface area contributed by atoms with Crippen LogP contribution in [0.1, 0.15) is 13.3 Å². The van der Waals surface area contributed by atoms with Crippen LogP contribution in [-0.2, 0) is 19.1 Å². The lowest BCUT2D eigenvalue weighted by molar-refractivity contribution is -0.163. The van der Waals surface area contributed by atoms with Crippen molar-refractivity contribution in [1.29, 1.82) is 0 Å². The first-order valence-corrected chi connectivity index (χ1v) is 5.95. The molecule has 4 atom stereocenters. The number of allylic oxidation sites excluding steroid dienone is 1. The van der Waals surface area contributed by atoms with Gasteiger partial charge in [0, 0.05) is 13.3 Å². The third-order valence-electron chi connectivity index (χ3n) is 3.64. The number of carbonyl (C=O) groups excluding carboxylic acids is 2. The Hall–Kier alpha value is -1.28. The summed E-state index contributed by atoms with van der Waals surface area (Å²) in [5.74, 6) is -0.704. The minimum Gasteiger partial charge on any atom is -0.394 e. The molecule has 19 heavy (non-hydrogen) atoms. The highest BCUT2D eigenvalue weighted by Crippen LogP contribution is 2.36. The van der Waals surface area contributed by atoms with Crippen LogP contribution in [0.2, 0.25) is 0 Å². The molecule has 1 saturated heterocycles. The van der Waals surface area contributed by atoms with Crippen LogP contribution in [0.4, 0.5) is 0 Å². The molecule has 0 unspecified atom stereocenters. The van der Waals surface area contributed by atoms with E-state index in [0.29, 0.717) is 0 Å². The first-order chi connectivity index (χ1) is 8.93. The number of hydrogen-bond acceptors (Lipinski definition) is 6. The molecule has 0 radical (unpaired) electrons. The number of amides is 1. The normalized spacial score (nSPS) is 39.2. The molecule has 0 spiro atoms. The molecule has 0 aromatic heterocycles. The van der Waals surface area contributed by atoms with E-state index in [1.54, 1.807) is 6.92 Å². The van der Waals surface area contributed by atoms with E-state index in [1.165, 1.54) is 24.3 Å². The Balaban J connectivity index is 2.30. The second kappa shape index (κ2) is 5.01. The standard InChI is InChI=1S/C12H17NO6/c1-12(18-2)10(17)8(6-14)19-11(12)13-4-3-7(15)5-9(13)16/h3-4,8,10-11,14,17H,5-6H2,1-2H3/t8-,10-,11-,12-/m1/s1. The fourth-order valence-corrected chi connectivity index (χ4v) is 2.35. The fraction of sp³-hybridized carbons (Fsp3) is 0.667. The van der Waals surface area contributed by atoms with Gasteiger partial charge in [-0.15, -0.1) is 0 Å². The van der Waals surface area contributed by atoms with Crippen molar-refractivity contribution in [3.05, 3.63) is 12.3 Å². The number of ketones is 1. The molecule has 0 aromatic rings. The summed E-state index contributed by atoms with van der Waals surface area (Å²) in [6.07, 6.45) is -0.445. The maximum atomic E-state index is 11.9. The summed E-state index contributed by atoms with van der Waals surface area (Å²) in [5, 5.41) is 19.3. The molecule has 1 fully saturated rings. The van der Waals surface area contributed by atoms with Gasteiger partial charge < -0.3 is 19.7 Å². The van der Waals surface area contributed by atoms with Gasteiger partial charge in [-0.3, -0.25) is 14.5 Å². The molecule has 2 aliphatic heterocycles. The summed E-state index contributed by atoms with van der Waals surface area (Å²) in [5.41, 5.74) is -1.17. The molecule has 2 heterocycles. The molecule has 0 aromatic carbocycles. The minimum absolute atomic E-state index is 0.240. The second-order valence-electron chi connectivity index (χ2n) is 4.80. The monoisotopic (exact) mass is 271 g/mol. The van der Waals surface area contributed by atoms with Crippen molar-refractivity contribution in [2.24, 2.45) is 0 Å². The summed E-state index contributed by atoms with van der Waals surface area (Å²) in [6.45, 7) is 1.21. The van der Waals surface area contributed by atoms with Gasteiger partial charge in [-0.05, 0) is 13.0 Å². The van der Waals surface area contributed by atoms with Crippen LogP contribution in [0.15, 0.2) is 12.3 Å². The van der Waals surface area contributed by atoms with Crippen LogP contribution >= 0.6 is 0 Å². The first-order valence-electron chi connectivity index (χ1n) is 5.95. The Morgan fingerprint density at radius 1 is 1.58 bits per heavy atom. The van der Waals surface area contributed by atoms with Crippen LogP contribution in [-0.4, -0.2) is 64.6 Å². The molecule has 0 aliphatic carbocycles. The maximum absolute atomic E-state index is 11.9. The van der Waals surface area contributed by atoms with Crippen molar-refractivity contribution in [2.45, 2.75) is 37.4 Å². The zero-order chi connectivity index (χ0) is 14.2. The molecule has 7 heteroatoms. The number of rotatable bonds is 3. The summed E-state index contributed by atoms with van der Waals surface area (Å²) in [6, 6.07) is 0. The van der Waals surface area contributed by atoms with Gasteiger partial charge in [-0.25, -0.2) is 0 Å². The largest absolute Gasteiger partial charge is 0.394 e. The molecule has 2 rings (SSSR count). The van der Waals surface area contributed by atoms with E-state index >= 15 is 0 Å². The van der Waals surface area contributed by atoms with Crippen molar-refractivity contribution in [1.82, 2.24) is 4.90 Å². The summed E-state index contributed by atoms with van der Waals surface area (Å²) in [7, 11) is 1.39. The zero-order valence-electron chi connectivity index (χ0n) is 10.8. The molecule has 0 bridgehead atoms. The van der Waals surface area contributed by atoms with Gasteiger partial charge in [0.05, 0.1) is 13.0 Å². The number of hydrogen-bond donors (Lipinski definition) is 2. The van der Waals surface area contributed by atoms with Gasteiger partial charge >= 0.3 is 0 Å². The number of nitrogens with zero attached hydrogens (tertiary/aromatic N) is 1. The average molecular weight is 271 g/mol. The van der Waals surface area contributed by atoms with E-state index in [2.05, 4.69) is 0 Å². The molecule has 0 saturated carbocycles. The van der Waals surface area contributed by atoms with Crippen LogP contribution < -0.4 is 0 Å². The first kappa shape index (κ1) is 14.1. The lowest BCUT2D eigenvalue weighted by Gasteiger charge is -2.37. The summed E-state index contributed by atoms with van der Waals surface area (Å²) >= 11 is 0. The molecule has 7 nitrogen and oxygen atoms in total. The number of aliphatic hydroxyl groups is 2. The second-order valence-corrected chi connectivity index (χ2v) is 4.80. The van der Waals surface area contributed by atoms with Gasteiger partial charge in [-0.2, -0.15) is 0 Å². The summed E-state index contributed by atoms with van der Waals surface area (Å²) in [4.78, 5) is 24.3. The van der Waals surface area contributed by atoms with E-state index in [0.717, 1.165) is 0 Å². The third kappa shape index (κ3) is 2.18. The van der Waals surface area contributed by atoms with Gasteiger partial charge in [0.15, 0.2) is 12.0 Å². The van der Waals surface area contributed by atoms with Crippen molar-refractivity contribution in [3.63, 3.8) is 0 Å². The van der Waals surface area contributed by atoms with Crippen molar-refractivity contribution < 1.29 is 29.3 Å². The topological polar surface area (TPSA) is 96.3 Å². The van der Waals surface area contributed by atoms with Crippen LogP contribution in [0.3, 0.4) is 0 Å². The molecular formula is C12H17NO6. The van der Waals surface area contributed by atoms with Crippen molar-refractivity contribution in [3.8, 4) is 0 Å². The van der Waals surface area contributed by atoms with E-state index in [1.807, 2.05) is 0 Å². The Bertz CT molecular complexity index is 422. The maximum Gasteiger partial charge on any atom is 0.236 e. The molecule has 2 N–H and O–H groups in total. The molecule has 1 amide bonds. The van der Waals surface area contributed by atoms with E-state index in [-0.39, 0.29) is 18.8 Å². The number of methoxy groups -OCH3 is 1. The van der Waals surface area contributed by atoms with E-state index in [4.69, 9.17) is 9.47 Å². The third-order valence-corrected chi connectivity index (χ3v) is 3.64. The minimum atomic E-state index is -1.17. The highest BCUT2D eigenvalue weighted by atomic mass is 16.6. The Morgan fingerprint density at radius 2 is 2.26 bits per heavy atom. The predicted octanol–water partition coefficient (Wildman–Crippen LogP) is -1.22. The van der Waals surface area contributed by atoms with E-state index in [9.17, 15) is 19.8 Å². The van der Waals surface area contributed by atoms with Gasteiger partial charge in [0.2, 0.25) is 5.91 Å². The highest BCUT2D eigenvalue weighted by molar-refractivity contribution is 6.06. The lowest BCUT2D eigenvalue weighted by atomic mass is 9.95. The Kier molecular flexibility index (Phi) is 3.73. The number of aliphatic hydroxyl groups excluding tert-OH is 2. The quantitative estimate of drug-likeness (QED) is 0.625. The van der Waals surface area contributed by atoms with E-state index < -0.39 is 29.9 Å². The zero-order valence-corrected chi connectivity index (χ0v) is 10.8. The predicted molar refractivity (Wildman–Crippen MR) is 62.8 cm³/mol. The summed E-state index contributed by atoms with van der Waals surface area (Å²) < 4.78 is 10.8. The van der Waals surface area contributed by atoms with Gasteiger partial charge in [0.25, 0.3) is 0 Å². The number of carbonyl (C=O) groups is 2. The van der Waals surface area contributed by atoms with Gasteiger partial charge in [0.1, 0.15) is 17.8 Å². The average Bonchev–Trinajstić information content (AvgIpc) is 2.63. The molecule has 106 valence electrons. The van der Waals surface area contributed by atoms with Crippen LogP contribution in [0.5, 0.6) is 0 Å². The molecular weight excluding hydrogens is 254 g/mol. The Morgan fingerprint density at radius 3 is 2.79 bits per heavy atom. The number of ether oxygens (including phenoxy) is 2. The smallest absolute Gasteiger partial charge is 0.236 e. The van der Waals surface area contributed by atoms with Crippen molar-refractivity contribution >= 4 is 11.7 Å².